The van der Waals surface area contributed by atoms with E-state index in [4.69, 9.17) is 9.84 Å². The highest BCUT2D eigenvalue weighted by molar-refractivity contribution is 6.03. The van der Waals surface area contributed by atoms with Gasteiger partial charge in [-0.25, -0.2) is 5.01 Å². The van der Waals surface area contributed by atoms with Crippen LogP contribution in [0.25, 0.3) is 0 Å². The van der Waals surface area contributed by atoms with Crippen LogP contribution in [-0.4, -0.2) is 34.8 Å². The van der Waals surface area contributed by atoms with Crippen LogP contribution < -0.4 is 4.74 Å². The summed E-state index contributed by atoms with van der Waals surface area (Å²) in [6.45, 7) is 2.03. The largest absolute Gasteiger partial charge is 0.497 e. The maximum atomic E-state index is 12.8. The molecule has 0 fully saturated rings. The monoisotopic (exact) mass is 380 g/mol. The van der Waals surface area contributed by atoms with Crippen molar-refractivity contribution in [3.63, 3.8) is 0 Å². The predicted molar refractivity (Wildman–Crippen MR) is 106 cm³/mol. The Morgan fingerprint density at radius 3 is 2.39 bits per heavy atom. The molecule has 2 aromatic rings. The molecule has 6 nitrogen and oxygen atoms in total. The van der Waals surface area contributed by atoms with E-state index in [2.05, 4.69) is 5.10 Å². The summed E-state index contributed by atoms with van der Waals surface area (Å²) in [5, 5.41) is 14.9. The van der Waals surface area contributed by atoms with Crippen LogP contribution in [-0.2, 0) is 9.59 Å². The molecule has 0 aliphatic carbocycles. The van der Waals surface area contributed by atoms with Crippen molar-refractivity contribution in [3.05, 3.63) is 65.2 Å². The Labute approximate surface area is 164 Å². The number of aliphatic carboxylic acids is 1. The number of nitrogens with zero attached hydrogens (tertiary/aromatic N) is 2. The maximum absolute atomic E-state index is 12.8. The first kappa shape index (κ1) is 19.6. The molecule has 0 bridgehead atoms. The quantitative estimate of drug-likeness (QED) is 0.789. The Hall–Kier alpha value is -3.15. The Bertz CT molecular complexity index is 872. The van der Waals surface area contributed by atoms with Gasteiger partial charge in [-0.05, 0) is 36.6 Å². The fraction of sp³-hybridized carbons (Fsp3) is 0.318. The average molecular weight is 380 g/mol. The number of benzene rings is 2. The number of carbonyl (C=O) groups excluding carboxylic acids is 1. The fourth-order valence-electron chi connectivity index (χ4n) is 3.25. The zero-order valence-electron chi connectivity index (χ0n) is 16.1. The normalized spacial score (nSPS) is 16.0. The number of ether oxygens (including phenoxy) is 1. The van der Waals surface area contributed by atoms with Gasteiger partial charge in [0.25, 0.3) is 0 Å². The summed E-state index contributed by atoms with van der Waals surface area (Å²) in [5.41, 5.74) is 3.98. The second-order valence-electron chi connectivity index (χ2n) is 6.89. The topological polar surface area (TPSA) is 79.2 Å². The van der Waals surface area contributed by atoms with E-state index in [1.54, 1.807) is 7.11 Å². The molecule has 6 heteroatoms. The average Bonchev–Trinajstić information content (AvgIpc) is 3.14. The third-order valence-electron chi connectivity index (χ3n) is 4.83. The summed E-state index contributed by atoms with van der Waals surface area (Å²) in [4.78, 5) is 23.5. The minimum absolute atomic E-state index is 0.0265. The number of hydrazone groups is 1. The maximum Gasteiger partial charge on any atom is 0.303 e. The lowest BCUT2D eigenvalue weighted by molar-refractivity contribution is -0.137. The first-order chi connectivity index (χ1) is 13.5. The zero-order chi connectivity index (χ0) is 20.1. The van der Waals surface area contributed by atoms with Crippen molar-refractivity contribution in [1.82, 2.24) is 5.01 Å². The van der Waals surface area contributed by atoms with Crippen LogP contribution in [0.15, 0.2) is 53.6 Å². The van der Waals surface area contributed by atoms with Crippen LogP contribution in [0.4, 0.5) is 0 Å². The molecule has 146 valence electrons. The van der Waals surface area contributed by atoms with Gasteiger partial charge >= 0.3 is 5.97 Å². The van der Waals surface area contributed by atoms with Crippen LogP contribution in [0.2, 0.25) is 0 Å². The van der Waals surface area contributed by atoms with Gasteiger partial charge in [-0.2, -0.15) is 5.10 Å². The molecule has 2 aromatic carbocycles. The number of aryl methyl sites for hydroxylation is 1. The van der Waals surface area contributed by atoms with Crippen LogP contribution in [0, 0.1) is 6.92 Å². The van der Waals surface area contributed by atoms with Crippen LogP contribution in [0.3, 0.4) is 0 Å². The summed E-state index contributed by atoms with van der Waals surface area (Å²) >= 11 is 0. The number of rotatable bonds is 7. The highest BCUT2D eigenvalue weighted by Gasteiger charge is 2.32. The van der Waals surface area contributed by atoms with Crippen molar-refractivity contribution in [2.24, 2.45) is 5.10 Å². The molecule has 1 heterocycles. The number of carboxylic acids is 1. The van der Waals surface area contributed by atoms with E-state index in [9.17, 15) is 9.59 Å². The summed E-state index contributed by atoms with van der Waals surface area (Å²) in [7, 11) is 1.61. The van der Waals surface area contributed by atoms with Crippen molar-refractivity contribution in [1.29, 1.82) is 0 Å². The zero-order valence-corrected chi connectivity index (χ0v) is 16.1. The van der Waals surface area contributed by atoms with Crippen molar-refractivity contribution < 1.29 is 19.4 Å². The van der Waals surface area contributed by atoms with E-state index in [1.165, 1.54) is 5.01 Å². The predicted octanol–water partition coefficient (Wildman–Crippen LogP) is 3.94. The molecule has 0 saturated heterocycles. The lowest BCUT2D eigenvalue weighted by Gasteiger charge is -2.22. The van der Waals surface area contributed by atoms with E-state index in [0.717, 1.165) is 28.2 Å². The van der Waals surface area contributed by atoms with E-state index in [1.807, 2.05) is 55.5 Å². The standard InChI is InChI=1S/C22H24N2O4/c1-15-6-8-16(9-7-15)19-14-20(17-10-12-18(28-2)13-11-17)24(23-19)21(25)4-3-5-22(26)27/h6-13,20H,3-5,14H2,1-2H3,(H,26,27). The highest BCUT2D eigenvalue weighted by Crippen LogP contribution is 2.34. The number of carboxylic acid groups (broad SMARTS) is 1. The fourth-order valence-corrected chi connectivity index (χ4v) is 3.25. The van der Waals surface area contributed by atoms with Crippen LogP contribution in [0.1, 0.15) is 48.4 Å². The van der Waals surface area contributed by atoms with E-state index in [0.29, 0.717) is 12.8 Å². The molecule has 1 N–H and O–H groups in total. The van der Waals surface area contributed by atoms with E-state index in [-0.39, 0.29) is 24.8 Å². The van der Waals surface area contributed by atoms with Crippen molar-refractivity contribution in [2.75, 3.05) is 7.11 Å². The van der Waals surface area contributed by atoms with Crippen molar-refractivity contribution in [3.8, 4) is 5.75 Å². The van der Waals surface area contributed by atoms with Crippen LogP contribution in [0.5, 0.6) is 5.75 Å². The van der Waals surface area contributed by atoms with Crippen molar-refractivity contribution >= 4 is 17.6 Å². The second kappa shape index (κ2) is 8.69. The number of amides is 1. The van der Waals surface area contributed by atoms with Gasteiger partial charge in [-0.3, -0.25) is 9.59 Å². The third kappa shape index (κ3) is 4.57. The molecule has 3 rings (SSSR count). The Balaban J connectivity index is 1.84. The molecule has 0 spiro atoms. The third-order valence-corrected chi connectivity index (χ3v) is 4.83. The van der Waals surface area contributed by atoms with Crippen molar-refractivity contribution in [2.45, 2.75) is 38.6 Å². The minimum Gasteiger partial charge on any atom is -0.497 e. The number of carbonyl (C=O) groups is 2. The molecule has 0 saturated carbocycles. The molecule has 28 heavy (non-hydrogen) atoms. The first-order valence-electron chi connectivity index (χ1n) is 9.30. The van der Waals surface area contributed by atoms with Crippen LogP contribution >= 0.6 is 0 Å². The Morgan fingerprint density at radius 2 is 1.79 bits per heavy atom. The van der Waals surface area contributed by atoms with Gasteiger partial charge < -0.3 is 9.84 Å². The van der Waals surface area contributed by atoms with Gasteiger partial charge in [0.1, 0.15) is 5.75 Å². The van der Waals surface area contributed by atoms with Gasteiger partial charge in [-0.1, -0.05) is 42.0 Å². The van der Waals surface area contributed by atoms with Gasteiger partial charge in [-0.15, -0.1) is 0 Å². The van der Waals surface area contributed by atoms with Gasteiger partial charge in [0, 0.05) is 19.3 Å². The summed E-state index contributed by atoms with van der Waals surface area (Å²) in [5.74, 6) is -0.310. The molecule has 1 aliphatic heterocycles. The SMILES string of the molecule is COc1ccc(C2CC(c3ccc(C)cc3)=NN2C(=O)CCCC(=O)O)cc1. The summed E-state index contributed by atoms with van der Waals surface area (Å²) in [6.07, 6.45) is 1.04. The highest BCUT2D eigenvalue weighted by atomic mass is 16.5. The van der Waals surface area contributed by atoms with E-state index >= 15 is 0 Å². The Morgan fingerprint density at radius 1 is 1.11 bits per heavy atom. The minimum atomic E-state index is -0.898. The molecular weight excluding hydrogens is 356 g/mol. The molecular formula is C22H24N2O4. The number of methoxy groups -OCH3 is 1. The van der Waals surface area contributed by atoms with Gasteiger partial charge in [0.15, 0.2) is 0 Å². The number of hydrogen-bond acceptors (Lipinski definition) is 4. The first-order valence-corrected chi connectivity index (χ1v) is 9.30. The summed E-state index contributed by atoms with van der Waals surface area (Å²) in [6, 6.07) is 15.5. The van der Waals surface area contributed by atoms with Gasteiger partial charge in [0.2, 0.25) is 5.91 Å². The molecule has 1 amide bonds. The molecule has 1 atom stereocenters. The van der Waals surface area contributed by atoms with Gasteiger partial charge in [0.05, 0.1) is 18.9 Å². The molecule has 0 radical (unpaired) electrons. The lowest BCUT2D eigenvalue weighted by Crippen LogP contribution is -2.27. The summed E-state index contributed by atoms with van der Waals surface area (Å²) < 4.78 is 5.22. The lowest BCUT2D eigenvalue weighted by atomic mass is 9.97. The molecule has 1 unspecified atom stereocenters. The Kier molecular flexibility index (Phi) is 6.09. The molecule has 0 aromatic heterocycles. The number of hydrogen-bond donors (Lipinski definition) is 1. The molecule has 1 aliphatic rings. The second-order valence-corrected chi connectivity index (χ2v) is 6.89. The van der Waals surface area contributed by atoms with E-state index < -0.39 is 5.97 Å². The smallest absolute Gasteiger partial charge is 0.303 e.